The van der Waals surface area contributed by atoms with Gasteiger partial charge in [0, 0.05) is 12.1 Å². The van der Waals surface area contributed by atoms with Crippen LogP contribution >= 0.6 is 11.6 Å². The van der Waals surface area contributed by atoms with Gasteiger partial charge in [-0.1, -0.05) is 30.5 Å². The summed E-state index contributed by atoms with van der Waals surface area (Å²) in [6.45, 7) is 3.53. The Balaban J connectivity index is 2.19. The monoisotopic (exact) mass is 173 g/mol. The lowest BCUT2D eigenvalue weighted by atomic mass is 10.2. The first-order valence-electron chi connectivity index (χ1n) is 4.41. The van der Waals surface area contributed by atoms with Gasteiger partial charge in [-0.2, -0.15) is 0 Å². The van der Waals surface area contributed by atoms with Gasteiger partial charge in [-0.15, -0.1) is 0 Å². The zero-order chi connectivity index (χ0) is 7.94. The average molecular weight is 174 g/mol. The van der Waals surface area contributed by atoms with Gasteiger partial charge in [0.15, 0.2) is 0 Å². The SMILES string of the molecule is ClC=CCN1CCCCCC1. The molecule has 0 N–H and O–H groups in total. The van der Waals surface area contributed by atoms with Gasteiger partial charge in [0.25, 0.3) is 0 Å². The Labute approximate surface area is 74.0 Å². The van der Waals surface area contributed by atoms with Gasteiger partial charge in [-0.05, 0) is 25.9 Å². The van der Waals surface area contributed by atoms with Crippen LogP contribution < -0.4 is 0 Å². The predicted octanol–water partition coefficient (Wildman–Crippen LogP) is 2.61. The zero-order valence-electron chi connectivity index (χ0n) is 6.93. The van der Waals surface area contributed by atoms with Crippen molar-refractivity contribution >= 4 is 11.6 Å². The minimum absolute atomic E-state index is 1.03. The summed E-state index contributed by atoms with van der Waals surface area (Å²) >= 11 is 5.45. The van der Waals surface area contributed by atoms with Gasteiger partial charge in [0.05, 0.1) is 0 Å². The number of hydrogen-bond donors (Lipinski definition) is 0. The molecule has 0 spiro atoms. The lowest BCUT2D eigenvalue weighted by Gasteiger charge is -2.16. The largest absolute Gasteiger partial charge is 0.300 e. The van der Waals surface area contributed by atoms with Crippen molar-refractivity contribution in [2.75, 3.05) is 19.6 Å². The van der Waals surface area contributed by atoms with Crippen LogP contribution in [0.1, 0.15) is 25.7 Å². The lowest BCUT2D eigenvalue weighted by molar-refractivity contribution is 0.316. The Morgan fingerprint density at radius 1 is 1.09 bits per heavy atom. The summed E-state index contributed by atoms with van der Waals surface area (Å²) in [4.78, 5) is 2.46. The third kappa shape index (κ3) is 3.78. The average Bonchev–Trinajstić information content (AvgIpc) is 2.28. The molecule has 0 aromatic heterocycles. The minimum atomic E-state index is 1.03. The second kappa shape index (κ2) is 5.62. The first-order chi connectivity index (χ1) is 5.43. The quantitative estimate of drug-likeness (QED) is 0.621. The third-order valence-corrected chi connectivity index (χ3v) is 2.33. The summed E-state index contributed by atoms with van der Waals surface area (Å²) in [5.74, 6) is 0. The van der Waals surface area contributed by atoms with Crippen molar-refractivity contribution in [3.63, 3.8) is 0 Å². The van der Waals surface area contributed by atoms with Crippen LogP contribution in [0.5, 0.6) is 0 Å². The van der Waals surface area contributed by atoms with Crippen molar-refractivity contribution < 1.29 is 0 Å². The van der Waals surface area contributed by atoms with E-state index < -0.39 is 0 Å². The van der Waals surface area contributed by atoms with Crippen molar-refractivity contribution in [3.8, 4) is 0 Å². The van der Waals surface area contributed by atoms with Crippen molar-refractivity contribution in [2.45, 2.75) is 25.7 Å². The van der Waals surface area contributed by atoms with Gasteiger partial charge in [-0.3, -0.25) is 4.90 Å². The van der Waals surface area contributed by atoms with E-state index in [1.165, 1.54) is 38.8 Å². The van der Waals surface area contributed by atoms with E-state index in [4.69, 9.17) is 11.6 Å². The predicted molar refractivity (Wildman–Crippen MR) is 49.9 cm³/mol. The number of halogens is 1. The second-order valence-corrected chi connectivity index (χ2v) is 3.33. The molecular weight excluding hydrogens is 158 g/mol. The highest BCUT2D eigenvalue weighted by atomic mass is 35.5. The Kier molecular flexibility index (Phi) is 4.64. The number of hydrogen-bond acceptors (Lipinski definition) is 1. The maximum atomic E-state index is 5.45. The molecule has 1 aliphatic rings. The molecule has 0 aliphatic carbocycles. The molecule has 0 radical (unpaired) electrons. The van der Waals surface area contributed by atoms with Gasteiger partial charge in [-0.25, -0.2) is 0 Å². The van der Waals surface area contributed by atoms with E-state index in [1.807, 2.05) is 6.08 Å². The Morgan fingerprint density at radius 3 is 2.27 bits per heavy atom. The Bertz CT molecular complexity index is 115. The first kappa shape index (κ1) is 9.08. The third-order valence-electron chi connectivity index (χ3n) is 2.15. The van der Waals surface area contributed by atoms with E-state index in [-0.39, 0.29) is 0 Å². The maximum absolute atomic E-state index is 5.45. The molecule has 0 bridgehead atoms. The highest BCUT2D eigenvalue weighted by Crippen LogP contribution is 2.08. The smallest absolute Gasteiger partial charge is 0.0174 e. The molecule has 1 rings (SSSR count). The van der Waals surface area contributed by atoms with Crippen LogP contribution in [0.2, 0.25) is 0 Å². The van der Waals surface area contributed by atoms with Gasteiger partial charge in [0.1, 0.15) is 0 Å². The molecule has 0 aromatic carbocycles. The summed E-state index contributed by atoms with van der Waals surface area (Å²) in [7, 11) is 0. The first-order valence-corrected chi connectivity index (χ1v) is 4.84. The molecule has 1 aliphatic heterocycles. The molecule has 0 aromatic rings. The number of nitrogens with zero attached hydrogens (tertiary/aromatic N) is 1. The van der Waals surface area contributed by atoms with Gasteiger partial charge < -0.3 is 0 Å². The molecule has 64 valence electrons. The topological polar surface area (TPSA) is 3.24 Å². The van der Waals surface area contributed by atoms with Crippen LogP contribution in [0.15, 0.2) is 11.6 Å². The molecule has 11 heavy (non-hydrogen) atoms. The van der Waals surface area contributed by atoms with Crippen LogP contribution in [0.25, 0.3) is 0 Å². The highest BCUT2D eigenvalue weighted by Gasteiger charge is 2.05. The van der Waals surface area contributed by atoms with Crippen LogP contribution in [0.3, 0.4) is 0 Å². The zero-order valence-corrected chi connectivity index (χ0v) is 7.69. The van der Waals surface area contributed by atoms with E-state index >= 15 is 0 Å². The molecule has 1 fully saturated rings. The van der Waals surface area contributed by atoms with Crippen molar-refractivity contribution in [1.29, 1.82) is 0 Å². The summed E-state index contributed by atoms with van der Waals surface area (Å²) < 4.78 is 0. The summed E-state index contributed by atoms with van der Waals surface area (Å²) in [6.07, 6.45) is 7.54. The van der Waals surface area contributed by atoms with Crippen LogP contribution in [0.4, 0.5) is 0 Å². The van der Waals surface area contributed by atoms with Crippen molar-refractivity contribution in [1.82, 2.24) is 4.90 Å². The molecule has 1 nitrogen and oxygen atoms in total. The molecule has 0 saturated carbocycles. The lowest BCUT2D eigenvalue weighted by Crippen LogP contribution is -2.24. The maximum Gasteiger partial charge on any atom is 0.0174 e. The molecule has 0 atom stereocenters. The van der Waals surface area contributed by atoms with Gasteiger partial charge >= 0.3 is 0 Å². The van der Waals surface area contributed by atoms with E-state index in [0.717, 1.165) is 6.54 Å². The van der Waals surface area contributed by atoms with Gasteiger partial charge in [0.2, 0.25) is 0 Å². The van der Waals surface area contributed by atoms with Crippen molar-refractivity contribution in [3.05, 3.63) is 11.6 Å². The van der Waals surface area contributed by atoms with E-state index in [2.05, 4.69) is 4.90 Å². The molecule has 1 heterocycles. The normalized spacial score (nSPS) is 22.3. The van der Waals surface area contributed by atoms with Crippen LogP contribution in [0, 0.1) is 0 Å². The fraction of sp³-hybridized carbons (Fsp3) is 0.778. The molecule has 2 heteroatoms. The number of likely N-dealkylation sites (tertiary alicyclic amines) is 1. The number of rotatable bonds is 2. The molecule has 0 unspecified atom stereocenters. The Morgan fingerprint density at radius 2 is 1.73 bits per heavy atom. The summed E-state index contributed by atoms with van der Waals surface area (Å²) in [6, 6.07) is 0. The highest BCUT2D eigenvalue weighted by molar-refractivity contribution is 6.25. The molecule has 1 saturated heterocycles. The summed E-state index contributed by atoms with van der Waals surface area (Å²) in [5, 5.41) is 0. The molecular formula is C9H16ClN. The fourth-order valence-corrected chi connectivity index (χ4v) is 1.59. The van der Waals surface area contributed by atoms with E-state index in [9.17, 15) is 0 Å². The van der Waals surface area contributed by atoms with Crippen molar-refractivity contribution in [2.24, 2.45) is 0 Å². The molecule has 0 amide bonds. The van der Waals surface area contributed by atoms with E-state index in [0.29, 0.717) is 0 Å². The van der Waals surface area contributed by atoms with E-state index in [1.54, 1.807) is 5.54 Å². The van der Waals surface area contributed by atoms with Crippen LogP contribution in [-0.4, -0.2) is 24.5 Å². The standard InChI is InChI=1S/C9H16ClN/c10-6-5-9-11-7-3-1-2-4-8-11/h5-6H,1-4,7-9H2. The fourth-order valence-electron chi connectivity index (χ4n) is 1.51. The Hall–Kier alpha value is -0.0100. The second-order valence-electron chi connectivity index (χ2n) is 3.08. The summed E-state index contributed by atoms with van der Waals surface area (Å²) in [5.41, 5.74) is 1.62. The van der Waals surface area contributed by atoms with Crippen LogP contribution in [-0.2, 0) is 0 Å². The minimum Gasteiger partial charge on any atom is -0.300 e.